The van der Waals surface area contributed by atoms with Gasteiger partial charge < -0.3 is 19.5 Å². The molecule has 0 atom stereocenters. The van der Waals surface area contributed by atoms with Gasteiger partial charge >= 0.3 is 0 Å². The molecule has 3 aromatic carbocycles. The number of phenolic OH excluding ortho intramolecular Hbond substituents is 1. The van der Waals surface area contributed by atoms with Crippen molar-refractivity contribution in [2.45, 2.75) is 140 Å². The summed E-state index contributed by atoms with van der Waals surface area (Å²) in [5, 5.41) is 23.7. The molecule has 0 aromatic heterocycles. The summed E-state index contributed by atoms with van der Waals surface area (Å²) in [6.45, 7) is 4.48. The van der Waals surface area contributed by atoms with E-state index >= 15 is 8.42 Å². The SMILES string of the molecule is CCCCCCCCCCCCCCCCOc1cc(O)c(N(c2ccccc2)S(=O)(=O)c2cc([N+](=O)[O-])ccc2N2CCOCC2)cc1C1CCCCC1. The van der Waals surface area contributed by atoms with Gasteiger partial charge in [-0.15, -0.1) is 0 Å². The first kappa shape index (κ1) is 42.3. The summed E-state index contributed by atoms with van der Waals surface area (Å²) in [6, 6.07) is 15.9. The molecule has 2 fully saturated rings. The van der Waals surface area contributed by atoms with Crippen molar-refractivity contribution in [3.05, 3.63) is 76.3 Å². The van der Waals surface area contributed by atoms with Crippen LogP contribution in [0, 0.1) is 10.1 Å². The number of hydrogen-bond donors (Lipinski definition) is 1. The topological polar surface area (TPSA) is 122 Å². The third-order valence-corrected chi connectivity index (χ3v) is 12.9. The molecule has 2 aliphatic rings. The van der Waals surface area contributed by atoms with Crippen LogP contribution in [-0.2, 0) is 14.8 Å². The molecule has 0 amide bonds. The minimum Gasteiger partial charge on any atom is -0.506 e. The lowest BCUT2D eigenvalue weighted by Gasteiger charge is -2.33. The van der Waals surface area contributed by atoms with Crippen LogP contribution in [0.2, 0.25) is 0 Å². The molecular formula is C44H63N3O7S. The summed E-state index contributed by atoms with van der Waals surface area (Å²) in [7, 11) is -4.52. The standard InChI is InChI=1S/C44H63N3O7S/c1-2-3-4-5-6-7-8-9-10-11-12-13-14-21-30-54-43-35-42(48)41(34-39(43)36-22-17-15-18-23-36)46(37-24-19-16-20-25-37)55(51,52)44-33-38(47(49)50)26-27-40(44)45-28-31-53-32-29-45/h16,19-20,24-27,33-36,48H,2-15,17-18,21-23,28-32H2,1H3. The van der Waals surface area contributed by atoms with E-state index in [1.807, 2.05) is 4.90 Å². The van der Waals surface area contributed by atoms with E-state index in [1.54, 1.807) is 42.5 Å². The normalized spacial score (nSPS) is 15.3. The third kappa shape index (κ3) is 12.1. The lowest BCUT2D eigenvalue weighted by molar-refractivity contribution is -0.385. The summed E-state index contributed by atoms with van der Waals surface area (Å²) < 4.78 is 43.1. The molecule has 1 N–H and O–H groups in total. The molecule has 11 heteroatoms. The number of unbranched alkanes of at least 4 members (excludes halogenated alkanes) is 13. The lowest BCUT2D eigenvalue weighted by atomic mass is 9.83. The Morgan fingerprint density at radius 2 is 1.42 bits per heavy atom. The van der Waals surface area contributed by atoms with Gasteiger partial charge in [0.1, 0.15) is 16.4 Å². The Hall–Kier alpha value is -3.83. The van der Waals surface area contributed by atoms with Crippen LogP contribution in [0.25, 0.3) is 0 Å². The molecule has 1 aliphatic carbocycles. The summed E-state index contributed by atoms with van der Waals surface area (Å²) >= 11 is 0. The summed E-state index contributed by atoms with van der Waals surface area (Å²) in [5.41, 5.74) is 1.32. The highest BCUT2D eigenvalue weighted by atomic mass is 32.2. The second kappa shape index (κ2) is 22.0. The van der Waals surface area contributed by atoms with Crippen molar-refractivity contribution in [2.24, 2.45) is 0 Å². The maximum absolute atomic E-state index is 15.0. The molecule has 0 bridgehead atoms. The number of nitro groups is 1. The number of hydrogen-bond acceptors (Lipinski definition) is 8. The summed E-state index contributed by atoms with van der Waals surface area (Å²) in [4.78, 5) is 13.0. The number of sulfonamides is 1. The van der Waals surface area contributed by atoms with Crippen molar-refractivity contribution < 1.29 is 27.9 Å². The van der Waals surface area contributed by atoms with E-state index < -0.39 is 14.9 Å². The molecule has 1 heterocycles. The molecule has 1 saturated heterocycles. The number of benzene rings is 3. The Morgan fingerprint density at radius 3 is 2.02 bits per heavy atom. The van der Waals surface area contributed by atoms with Crippen LogP contribution in [0.3, 0.4) is 0 Å². The molecule has 302 valence electrons. The van der Waals surface area contributed by atoms with Crippen molar-refractivity contribution in [1.82, 2.24) is 0 Å². The van der Waals surface area contributed by atoms with Crippen LogP contribution in [-0.4, -0.2) is 51.4 Å². The zero-order chi connectivity index (χ0) is 38.9. The molecule has 0 unspecified atom stereocenters. The highest BCUT2D eigenvalue weighted by Crippen LogP contribution is 2.47. The largest absolute Gasteiger partial charge is 0.506 e. The zero-order valence-electron chi connectivity index (χ0n) is 33.0. The minimum absolute atomic E-state index is 0.0926. The molecule has 1 saturated carbocycles. The number of nitro benzene ring substituents is 1. The number of anilines is 3. The quantitative estimate of drug-likeness (QED) is 0.0573. The van der Waals surface area contributed by atoms with Gasteiger partial charge in [-0.25, -0.2) is 12.7 Å². The van der Waals surface area contributed by atoms with Crippen molar-refractivity contribution in [2.75, 3.05) is 42.1 Å². The van der Waals surface area contributed by atoms with Crippen LogP contribution < -0.4 is 13.9 Å². The van der Waals surface area contributed by atoms with E-state index in [4.69, 9.17) is 9.47 Å². The number of phenols is 1. The van der Waals surface area contributed by atoms with Crippen LogP contribution in [0.1, 0.15) is 140 Å². The number of non-ortho nitro benzene ring substituents is 1. The fraction of sp³-hybridized carbons (Fsp3) is 0.591. The summed E-state index contributed by atoms with van der Waals surface area (Å²) in [6.07, 6.45) is 23.0. The second-order valence-electron chi connectivity index (χ2n) is 15.3. The second-order valence-corrected chi connectivity index (χ2v) is 17.0. The van der Waals surface area contributed by atoms with Gasteiger partial charge in [0.2, 0.25) is 0 Å². The molecule has 5 rings (SSSR count). The van der Waals surface area contributed by atoms with E-state index in [9.17, 15) is 15.2 Å². The van der Waals surface area contributed by atoms with E-state index in [-0.39, 0.29) is 27.9 Å². The number of para-hydroxylation sites is 1. The number of nitrogens with zero attached hydrogens (tertiary/aromatic N) is 3. The van der Waals surface area contributed by atoms with Gasteiger partial charge in [-0.05, 0) is 55.0 Å². The Balaban J connectivity index is 1.33. The van der Waals surface area contributed by atoms with E-state index in [2.05, 4.69) is 6.92 Å². The van der Waals surface area contributed by atoms with E-state index in [1.165, 1.54) is 89.2 Å². The average Bonchev–Trinajstić information content (AvgIpc) is 3.21. The fourth-order valence-electron chi connectivity index (χ4n) is 8.03. The Bertz CT molecular complexity index is 1720. The average molecular weight is 778 g/mol. The predicted molar refractivity (Wildman–Crippen MR) is 222 cm³/mol. The highest BCUT2D eigenvalue weighted by molar-refractivity contribution is 7.93. The van der Waals surface area contributed by atoms with Crippen LogP contribution >= 0.6 is 0 Å². The van der Waals surface area contributed by atoms with Gasteiger partial charge in [-0.3, -0.25) is 10.1 Å². The van der Waals surface area contributed by atoms with E-state index in [0.717, 1.165) is 60.9 Å². The number of ether oxygens (including phenoxy) is 2. The molecule has 55 heavy (non-hydrogen) atoms. The van der Waals surface area contributed by atoms with Gasteiger partial charge in [0.05, 0.1) is 41.8 Å². The fourth-order valence-corrected chi connectivity index (χ4v) is 9.76. The van der Waals surface area contributed by atoms with Gasteiger partial charge in [0.15, 0.2) is 0 Å². The van der Waals surface area contributed by atoms with Gasteiger partial charge in [-0.1, -0.05) is 128 Å². The van der Waals surface area contributed by atoms with Crippen LogP contribution in [0.5, 0.6) is 11.5 Å². The highest BCUT2D eigenvalue weighted by Gasteiger charge is 2.35. The van der Waals surface area contributed by atoms with Crippen LogP contribution in [0.4, 0.5) is 22.7 Å². The number of morpholine rings is 1. The number of aromatic hydroxyl groups is 1. The van der Waals surface area contributed by atoms with Gasteiger partial charge in [0.25, 0.3) is 15.7 Å². The van der Waals surface area contributed by atoms with Crippen molar-refractivity contribution >= 4 is 32.8 Å². The molecule has 0 spiro atoms. The van der Waals surface area contributed by atoms with Gasteiger partial charge in [-0.2, -0.15) is 0 Å². The minimum atomic E-state index is -4.52. The number of rotatable bonds is 23. The smallest absolute Gasteiger partial charge is 0.271 e. The molecule has 0 radical (unpaired) electrons. The molecular weight excluding hydrogens is 715 g/mol. The van der Waals surface area contributed by atoms with Crippen molar-refractivity contribution in [1.29, 1.82) is 0 Å². The predicted octanol–water partition coefficient (Wildman–Crippen LogP) is 11.6. The lowest BCUT2D eigenvalue weighted by Crippen LogP contribution is -2.38. The molecule has 10 nitrogen and oxygen atoms in total. The third-order valence-electron chi connectivity index (χ3n) is 11.1. The van der Waals surface area contributed by atoms with Crippen molar-refractivity contribution in [3.8, 4) is 11.5 Å². The zero-order valence-corrected chi connectivity index (χ0v) is 33.8. The maximum atomic E-state index is 15.0. The van der Waals surface area contributed by atoms with E-state index in [0.29, 0.717) is 50.0 Å². The Kier molecular flexibility index (Phi) is 17.0. The van der Waals surface area contributed by atoms with Crippen LogP contribution in [0.15, 0.2) is 65.6 Å². The molecule has 1 aliphatic heterocycles. The van der Waals surface area contributed by atoms with Crippen molar-refractivity contribution in [3.63, 3.8) is 0 Å². The summed E-state index contributed by atoms with van der Waals surface area (Å²) in [5.74, 6) is 0.514. The Morgan fingerprint density at radius 1 is 0.818 bits per heavy atom. The maximum Gasteiger partial charge on any atom is 0.271 e. The Labute approximate surface area is 329 Å². The first-order chi connectivity index (χ1) is 26.8. The first-order valence-corrected chi connectivity index (χ1v) is 22.5. The monoisotopic (exact) mass is 777 g/mol. The van der Waals surface area contributed by atoms with Gasteiger partial charge in [0, 0.05) is 31.3 Å². The molecule has 3 aromatic rings. The first-order valence-electron chi connectivity index (χ1n) is 21.0.